The lowest BCUT2D eigenvalue weighted by Crippen LogP contribution is -2.36. The van der Waals surface area contributed by atoms with E-state index in [1.807, 2.05) is 37.3 Å². The predicted molar refractivity (Wildman–Crippen MR) is 95.3 cm³/mol. The lowest BCUT2D eigenvalue weighted by molar-refractivity contribution is 0.0930. The molecule has 7 heteroatoms. The molecule has 1 unspecified atom stereocenters. The molecule has 1 fully saturated rings. The van der Waals surface area contributed by atoms with Crippen molar-refractivity contribution >= 4 is 18.3 Å². The number of nitrogens with one attached hydrogen (secondary N) is 2. The summed E-state index contributed by atoms with van der Waals surface area (Å²) in [6, 6.07) is 9.87. The van der Waals surface area contributed by atoms with Crippen molar-refractivity contribution in [2.24, 2.45) is 0 Å². The molecule has 1 aromatic heterocycles. The third-order valence-corrected chi connectivity index (χ3v) is 3.77. The second-order valence-corrected chi connectivity index (χ2v) is 5.63. The summed E-state index contributed by atoms with van der Waals surface area (Å²) in [5.41, 5.74) is 1.24. The number of carbonyl (C=O) groups is 1. The van der Waals surface area contributed by atoms with E-state index in [4.69, 9.17) is 4.74 Å². The van der Waals surface area contributed by atoms with E-state index in [0.717, 1.165) is 31.6 Å². The van der Waals surface area contributed by atoms with Crippen LogP contribution in [0.4, 0.5) is 0 Å². The fourth-order valence-electron chi connectivity index (χ4n) is 2.58. The van der Waals surface area contributed by atoms with Gasteiger partial charge >= 0.3 is 0 Å². The minimum atomic E-state index is -0.181. The smallest absolute Gasteiger partial charge is 0.275 e. The van der Waals surface area contributed by atoms with Crippen LogP contribution in [0.2, 0.25) is 0 Å². The molecule has 0 aliphatic carbocycles. The van der Waals surface area contributed by atoms with Crippen molar-refractivity contribution in [1.82, 2.24) is 20.4 Å². The number of ether oxygens (including phenoxy) is 1. The Balaban J connectivity index is 0.00000208. The number of carbonyl (C=O) groups excluding carboxylic acids is 1. The van der Waals surface area contributed by atoms with E-state index in [1.54, 1.807) is 10.9 Å². The number of halogens is 1. The van der Waals surface area contributed by atoms with E-state index in [2.05, 4.69) is 15.7 Å². The molecule has 2 heterocycles. The molecule has 1 aliphatic heterocycles. The van der Waals surface area contributed by atoms with Gasteiger partial charge in [0.15, 0.2) is 11.4 Å². The Labute approximate surface area is 148 Å². The van der Waals surface area contributed by atoms with Gasteiger partial charge in [-0.3, -0.25) is 4.79 Å². The maximum absolute atomic E-state index is 12.5. The van der Waals surface area contributed by atoms with Crippen LogP contribution in [0.1, 0.15) is 30.3 Å². The van der Waals surface area contributed by atoms with Gasteiger partial charge in [0.05, 0.1) is 18.5 Å². The topological polar surface area (TPSA) is 68.2 Å². The maximum Gasteiger partial charge on any atom is 0.275 e. The number of para-hydroxylation sites is 1. The van der Waals surface area contributed by atoms with Crippen molar-refractivity contribution in [3.8, 4) is 11.4 Å². The Morgan fingerprint density at radius 2 is 2.21 bits per heavy atom. The fourth-order valence-corrected chi connectivity index (χ4v) is 2.58. The van der Waals surface area contributed by atoms with E-state index >= 15 is 0 Å². The van der Waals surface area contributed by atoms with Crippen LogP contribution < -0.4 is 15.4 Å². The van der Waals surface area contributed by atoms with E-state index in [1.165, 1.54) is 0 Å². The van der Waals surface area contributed by atoms with Crippen molar-refractivity contribution in [2.75, 3.05) is 19.7 Å². The molecular weight excluding hydrogens is 328 g/mol. The van der Waals surface area contributed by atoms with Gasteiger partial charge in [0, 0.05) is 12.6 Å². The Morgan fingerprint density at radius 3 is 2.88 bits per heavy atom. The SMILES string of the molecule is CCCOc1cn(-c2ccccc2)nc1C(=O)NC1CCNC1.Cl. The zero-order valence-electron chi connectivity index (χ0n) is 13.7. The van der Waals surface area contributed by atoms with Crippen molar-refractivity contribution in [2.45, 2.75) is 25.8 Å². The number of amides is 1. The van der Waals surface area contributed by atoms with Gasteiger partial charge in [-0.25, -0.2) is 4.68 Å². The molecule has 3 rings (SSSR count). The molecule has 6 nitrogen and oxygen atoms in total. The first-order valence-corrected chi connectivity index (χ1v) is 8.07. The van der Waals surface area contributed by atoms with Crippen molar-refractivity contribution < 1.29 is 9.53 Å². The van der Waals surface area contributed by atoms with Crippen LogP contribution in [0.5, 0.6) is 5.75 Å². The van der Waals surface area contributed by atoms with Gasteiger partial charge in [0.2, 0.25) is 0 Å². The molecule has 0 spiro atoms. The maximum atomic E-state index is 12.5. The molecule has 0 saturated carbocycles. The average molecular weight is 351 g/mol. The monoisotopic (exact) mass is 350 g/mol. The first-order valence-electron chi connectivity index (χ1n) is 8.07. The lowest BCUT2D eigenvalue weighted by Gasteiger charge is -2.10. The molecule has 1 aromatic carbocycles. The van der Waals surface area contributed by atoms with Crippen LogP contribution in [0, 0.1) is 0 Å². The molecule has 1 atom stereocenters. The molecule has 2 aromatic rings. The summed E-state index contributed by atoms with van der Waals surface area (Å²) in [7, 11) is 0. The molecular formula is C17H23ClN4O2. The molecule has 0 bridgehead atoms. The van der Waals surface area contributed by atoms with Crippen molar-refractivity contribution in [3.63, 3.8) is 0 Å². The quantitative estimate of drug-likeness (QED) is 0.838. The van der Waals surface area contributed by atoms with Gasteiger partial charge in [-0.15, -0.1) is 12.4 Å². The van der Waals surface area contributed by atoms with Gasteiger partial charge in [-0.2, -0.15) is 5.10 Å². The molecule has 130 valence electrons. The van der Waals surface area contributed by atoms with Gasteiger partial charge in [0.1, 0.15) is 0 Å². The molecule has 24 heavy (non-hydrogen) atoms. The van der Waals surface area contributed by atoms with E-state index in [-0.39, 0.29) is 24.4 Å². The van der Waals surface area contributed by atoms with E-state index in [0.29, 0.717) is 18.1 Å². The number of hydrogen-bond acceptors (Lipinski definition) is 4. The third-order valence-electron chi connectivity index (χ3n) is 3.77. The number of benzene rings is 1. The summed E-state index contributed by atoms with van der Waals surface area (Å²) in [6.45, 7) is 4.33. The number of aromatic nitrogens is 2. The Hall–Kier alpha value is -2.05. The Morgan fingerprint density at radius 1 is 1.42 bits per heavy atom. The summed E-state index contributed by atoms with van der Waals surface area (Å²) >= 11 is 0. The van der Waals surface area contributed by atoms with E-state index < -0.39 is 0 Å². The van der Waals surface area contributed by atoms with Crippen LogP contribution in [0.15, 0.2) is 36.5 Å². The van der Waals surface area contributed by atoms with Crippen molar-refractivity contribution in [1.29, 1.82) is 0 Å². The number of nitrogens with zero attached hydrogens (tertiary/aromatic N) is 2. The van der Waals surface area contributed by atoms with Crippen molar-refractivity contribution in [3.05, 3.63) is 42.2 Å². The van der Waals surface area contributed by atoms with Gasteiger partial charge in [-0.05, 0) is 31.5 Å². The highest BCUT2D eigenvalue weighted by Crippen LogP contribution is 2.20. The van der Waals surface area contributed by atoms with Gasteiger partial charge < -0.3 is 15.4 Å². The highest BCUT2D eigenvalue weighted by Gasteiger charge is 2.23. The highest BCUT2D eigenvalue weighted by molar-refractivity contribution is 5.95. The fraction of sp³-hybridized carbons (Fsp3) is 0.412. The predicted octanol–water partition coefficient (Wildman–Crippen LogP) is 2.17. The minimum Gasteiger partial charge on any atom is -0.489 e. The molecule has 1 aliphatic rings. The second kappa shape index (κ2) is 8.70. The van der Waals surface area contributed by atoms with Crippen LogP contribution in [0.25, 0.3) is 5.69 Å². The third kappa shape index (κ3) is 4.27. The largest absolute Gasteiger partial charge is 0.489 e. The van der Waals surface area contributed by atoms with Crippen LogP contribution >= 0.6 is 12.4 Å². The first-order chi connectivity index (χ1) is 11.3. The second-order valence-electron chi connectivity index (χ2n) is 5.63. The lowest BCUT2D eigenvalue weighted by atomic mass is 10.2. The molecule has 1 amide bonds. The standard InChI is InChI=1S/C17H22N4O2.ClH/c1-2-10-23-15-12-21(14-6-4-3-5-7-14)20-16(15)17(22)19-13-8-9-18-11-13;/h3-7,12-13,18H,2,8-11H2,1H3,(H,19,22);1H. The average Bonchev–Trinajstić information content (AvgIpc) is 3.23. The van der Waals surface area contributed by atoms with Crippen LogP contribution in [-0.4, -0.2) is 41.4 Å². The van der Waals surface area contributed by atoms with E-state index in [9.17, 15) is 4.79 Å². The number of hydrogen-bond donors (Lipinski definition) is 2. The Kier molecular flexibility index (Phi) is 6.63. The summed E-state index contributed by atoms with van der Waals surface area (Å²) in [6.07, 6.45) is 3.59. The van der Waals surface area contributed by atoms with Crippen LogP contribution in [-0.2, 0) is 0 Å². The molecule has 2 N–H and O–H groups in total. The van der Waals surface area contributed by atoms with Gasteiger partial charge in [-0.1, -0.05) is 25.1 Å². The molecule has 1 saturated heterocycles. The van der Waals surface area contributed by atoms with Gasteiger partial charge in [0.25, 0.3) is 5.91 Å². The highest BCUT2D eigenvalue weighted by atomic mass is 35.5. The Bertz CT molecular complexity index is 654. The summed E-state index contributed by atoms with van der Waals surface area (Å²) in [5, 5.41) is 10.7. The zero-order valence-corrected chi connectivity index (χ0v) is 14.5. The summed E-state index contributed by atoms with van der Waals surface area (Å²) < 4.78 is 7.40. The normalized spacial score (nSPS) is 16.5. The molecule has 0 radical (unpaired) electrons. The summed E-state index contributed by atoms with van der Waals surface area (Å²) in [5.74, 6) is 0.346. The minimum absolute atomic E-state index is 0. The van der Waals surface area contributed by atoms with Crippen LogP contribution in [0.3, 0.4) is 0 Å². The summed E-state index contributed by atoms with van der Waals surface area (Å²) in [4.78, 5) is 12.5. The number of rotatable bonds is 6. The first kappa shape index (κ1) is 18.3. The zero-order chi connectivity index (χ0) is 16.1.